The van der Waals surface area contributed by atoms with E-state index in [0.29, 0.717) is 52.6 Å². The van der Waals surface area contributed by atoms with Crippen molar-refractivity contribution in [3.63, 3.8) is 0 Å². The van der Waals surface area contributed by atoms with Gasteiger partial charge >= 0.3 is 0 Å². The number of hydrogen-bond donors (Lipinski definition) is 0. The molecule has 2 amide bonds. The van der Waals surface area contributed by atoms with E-state index in [1.165, 1.54) is 0 Å². The molecular formula is C19H17Cl3N2O3. The number of benzene rings is 2. The lowest BCUT2D eigenvalue weighted by atomic mass is 10.1. The Kier molecular flexibility index (Phi) is 6.47. The van der Waals surface area contributed by atoms with E-state index in [1.54, 1.807) is 52.3 Å². The van der Waals surface area contributed by atoms with Crippen LogP contribution in [0.5, 0.6) is 5.75 Å². The third-order valence-corrected chi connectivity index (χ3v) is 5.06. The van der Waals surface area contributed by atoms with E-state index in [1.807, 2.05) is 0 Å². The predicted octanol–water partition coefficient (Wildman–Crippen LogP) is 4.01. The van der Waals surface area contributed by atoms with Gasteiger partial charge in [-0.25, -0.2) is 0 Å². The van der Waals surface area contributed by atoms with E-state index in [2.05, 4.69) is 0 Å². The first-order chi connectivity index (χ1) is 12.9. The molecule has 142 valence electrons. The quantitative estimate of drug-likeness (QED) is 0.741. The Morgan fingerprint density at radius 2 is 1.44 bits per heavy atom. The van der Waals surface area contributed by atoms with Crippen molar-refractivity contribution in [2.24, 2.45) is 0 Å². The van der Waals surface area contributed by atoms with Crippen LogP contribution >= 0.6 is 34.8 Å². The Labute approximate surface area is 172 Å². The standard InChI is InChI=1S/C19H17Cl3N2O3/c20-13-1-4-15(5-2-13)27-12-18(25)23-7-9-24(10-8-23)19(26)16-6-3-14(21)11-17(16)22/h1-6,11H,7-10,12H2. The number of piperazine rings is 1. The summed E-state index contributed by atoms with van der Waals surface area (Å²) in [5.41, 5.74) is 0.409. The van der Waals surface area contributed by atoms with Crippen LogP contribution in [0.1, 0.15) is 10.4 Å². The van der Waals surface area contributed by atoms with E-state index in [4.69, 9.17) is 39.5 Å². The van der Waals surface area contributed by atoms with Gasteiger partial charge in [-0.3, -0.25) is 9.59 Å². The fraction of sp³-hybridized carbons (Fsp3) is 0.263. The number of nitrogens with zero attached hydrogens (tertiary/aromatic N) is 2. The lowest BCUT2D eigenvalue weighted by Crippen LogP contribution is -2.51. The second-order valence-electron chi connectivity index (χ2n) is 6.04. The Morgan fingerprint density at radius 3 is 2.07 bits per heavy atom. The first-order valence-electron chi connectivity index (χ1n) is 8.34. The number of hydrogen-bond acceptors (Lipinski definition) is 3. The van der Waals surface area contributed by atoms with Crippen molar-refractivity contribution in [1.29, 1.82) is 0 Å². The highest BCUT2D eigenvalue weighted by molar-refractivity contribution is 6.36. The number of rotatable bonds is 4. The van der Waals surface area contributed by atoms with Gasteiger partial charge in [0, 0.05) is 36.2 Å². The van der Waals surface area contributed by atoms with Crippen LogP contribution in [0.3, 0.4) is 0 Å². The molecule has 0 unspecified atom stereocenters. The molecule has 0 aliphatic carbocycles. The van der Waals surface area contributed by atoms with Gasteiger partial charge in [0.05, 0.1) is 10.6 Å². The first kappa shape index (κ1) is 19.8. The Bertz CT molecular complexity index is 835. The smallest absolute Gasteiger partial charge is 0.260 e. The highest BCUT2D eigenvalue weighted by Gasteiger charge is 2.26. The summed E-state index contributed by atoms with van der Waals surface area (Å²) in [7, 11) is 0. The Morgan fingerprint density at radius 1 is 0.852 bits per heavy atom. The minimum atomic E-state index is -0.166. The number of amides is 2. The van der Waals surface area contributed by atoms with Crippen molar-refractivity contribution in [3.05, 3.63) is 63.1 Å². The first-order valence-corrected chi connectivity index (χ1v) is 9.48. The van der Waals surface area contributed by atoms with Crippen LogP contribution in [-0.4, -0.2) is 54.4 Å². The van der Waals surface area contributed by atoms with Gasteiger partial charge in [-0.05, 0) is 42.5 Å². The van der Waals surface area contributed by atoms with Crippen LogP contribution in [0.25, 0.3) is 0 Å². The molecule has 0 saturated carbocycles. The molecule has 2 aromatic carbocycles. The molecular weight excluding hydrogens is 411 g/mol. The van der Waals surface area contributed by atoms with Crippen LogP contribution in [0.2, 0.25) is 15.1 Å². The summed E-state index contributed by atoms with van der Waals surface area (Å²) in [5.74, 6) is 0.293. The lowest BCUT2D eigenvalue weighted by molar-refractivity contribution is -0.134. The summed E-state index contributed by atoms with van der Waals surface area (Å²) in [4.78, 5) is 28.3. The van der Waals surface area contributed by atoms with Crippen LogP contribution in [0.15, 0.2) is 42.5 Å². The minimum absolute atomic E-state index is 0.0570. The SMILES string of the molecule is O=C(COc1ccc(Cl)cc1)N1CCN(C(=O)c2ccc(Cl)cc2Cl)CC1. The molecule has 0 spiro atoms. The number of carbonyl (C=O) groups excluding carboxylic acids is 2. The molecule has 1 saturated heterocycles. The molecule has 0 N–H and O–H groups in total. The number of halogens is 3. The van der Waals surface area contributed by atoms with Gasteiger partial charge < -0.3 is 14.5 Å². The predicted molar refractivity (Wildman–Crippen MR) is 106 cm³/mol. The number of ether oxygens (including phenoxy) is 1. The largest absolute Gasteiger partial charge is 0.484 e. The molecule has 3 rings (SSSR count). The molecule has 1 aliphatic rings. The van der Waals surface area contributed by atoms with Crippen LogP contribution < -0.4 is 4.74 Å². The number of carbonyl (C=O) groups is 2. The van der Waals surface area contributed by atoms with Crippen molar-refractivity contribution in [1.82, 2.24) is 9.80 Å². The van der Waals surface area contributed by atoms with Crippen LogP contribution in [-0.2, 0) is 4.79 Å². The summed E-state index contributed by atoms with van der Waals surface area (Å²) >= 11 is 17.8. The Hall–Kier alpha value is -1.95. The maximum absolute atomic E-state index is 12.6. The van der Waals surface area contributed by atoms with Gasteiger partial charge in [-0.15, -0.1) is 0 Å². The summed E-state index contributed by atoms with van der Waals surface area (Å²) in [5, 5.41) is 1.41. The minimum Gasteiger partial charge on any atom is -0.484 e. The molecule has 0 radical (unpaired) electrons. The second kappa shape index (κ2) is 8.83. The van der Waals surface area contributed by atoms with Gasteiger partial charge in [-0.2, -0.15) is 0 Å². The van der Waals surface area contributed by atoms with E-state index >= 15 is 0 Å². The van der Waals surface area contributed by atoms with E-state index in [-0.39, 0.29) is 18.4 Å². The topological polar surface area (TPSA) is 49.9 Å². The average molecular weight is 428 g/mol. The molecule has 1 heterocycles. The third-order valence-electron chi connectivity index (χ3n) is 4.26. The summed E-state index contributed by atoms with van der Waals surface area (Å²) in [6, 6.07) is 11.6. The normalized spacial score (nSPS) is 14.2. The average Bonchev–Trinajstić information content (AvgIpc) is 2.67. The third kappa shape index (κ3) is 5.06. The van der Waals surface area contributed by atoms with Crippen molar-refractivity contribution < 1.29 is 14.3 Å². The van der Waals surface area contributed by atoms with E-state index < -0.39 is 0 Å². The van der Waals surface area contributed by atoms with Gasteiger partial charge in [0.15, 0.2) is 6.61 Å². The molecule has 5 nitrogen and oxygen atoms in total. The maximum Gasteiger partial charge on any atom is 0.260 e. The van der Waals surface area contributed by atoms with Gasteiger partial charge in [-0.1, -0.05) is 34.8 Å². The molecule has 2 aromatic rings. The highest BCUT2D eigenvalue weighted by atomic mass is 35.5. The fourth-order valence-electron chi connectivity index (χ4n) is 2.76. The van der Waals surface area contributed by atoms with Crippen LogP contribution in [0.4, 0.5) is 0 Å². The summed E-state index contributed by atoms with van der Waals surface area (Å²) in [6.07, 6.45) is 0. The molecule has 8 heteroatoms. The van der Waals surface area contributed by atoms with Gasteiger partial charge in [0.25, 0.3) is 11.8 Å². The van der Waals surface area contributed by atoms with Crippen LogP contribution in [0, 0.1) is 0 Å². The van der Waals surface area contributed by atoms with Crippen molar-refractivity contribution >= 4 is 46.6 Å². The van der Waals surface area contributed by atoms with Crippen molar-refractivity contribution in [3.8, 4) is 5.75 Å². The van der Waals surface area contributed by atoms with E-state index in [9.17, 15) is 9.59 Å². The zero-order valence-electron chi connectivity index (χ0n) is 14.3. The lowest BCUT2D eigenvalue weighted by Gasteiger charge is -2.34. The maximum atomic E-state index is 12.6. The zero-order chi connectivity index (χ0) is 19.4. The summed E-state index contributed by atoms with van der Waals surface area (Å²) in [6.45, 7) is 1.70. The molecule has 1 aliphatic heterocycles. The second-order valence-corrected chi connectivity index (χ2v) is 7.32. The zero-order valence-corrected chi connectivity index (χ0v) is 16.6. The molecule has 27 heavy (non-hydrogen) atoms. The van der Waals surface area contributed by atoms with E-state index in [0.717, 1.165) is 0 Å². The molecule has 0 aromatic heterocycles. The van der Waals surface area contributed by atoms with Gasteiger partial charge in [0.1, 0.15) is 5.75 Å². The Balaban J connectivity index is 1.51. The molecule has 0 bridgehead atoms. The summed E-state index contributed by atoms with van der Waals surface area (Å²) < 4.78 is 5.49. The van der Waals surface area contributed by atoms with Crippen molar-refractivity contribution in [2.45, 2.75) is 0 Å². The highest BCUT2D eigenvalue weighted by Crippen LogP contribution is 2.23. The molecule has 1 fully saturated rings. The monoisotopic (exact) mass is 426 g/mol. The molecule has 0 atom stereocenters. The van der Waals surface area contributed by atoms with Crippen molar-refractivity contribution in [2.75, 3.05) is 32.8 Å². The fourth-order valence-corrected chi connectivity index (χ4v) is 3.37. The van der Waals surface area contributed by atoms with Gasteiger partial charge in [0.2, 0.25) is 0 Å².